The van der Waals surface area contributed by atoms with Crippen LogP contribution in [0.5, 0.6) is 0 Å². The van der Waals surface area contributed by atoms with E-state index in [1.54, 1.807) is 6.92 Å². The SMILES string of the molecule is CCOC(=O)c1nnnn1CCN1C(=O)CNC1=O. The number of aromatic nitrogens is 4. The number of tetrazole rings is 1. The van der Waals surface area contributed by atoms with Crippen molar-refractivity contribution >= 4 is 17.9 Å². The van der Waals surface area contributed by atoms with Gasteiger partial charge in [0.05, 0.1) is 26.2 Å². The Morgan fingerprint density at radius 2 is 2.21 bits per heavy atom. The van der Waals surface area contributed by atoms with E-state index in [-0.39, 0.29) is 38.0 Å². The van der Waals surface area contributed by atoms with Crippen molar-refractivity contribution in [2.24, 2.45) is 0 Å². The highest BCUT2D eigenvalue weighted by molar-refractivity contribution is 6.01. The molecule has 2 heterocycles. The van der Waals surface area contributed by atoms with Gasteiger partial charge in [-0.1, -0.05) is 0 Å². The van der Waals surface area contributed by atoms with E-state index in [0.29, 0.717) is 0 Å². The fraction of sp³-hybridized carbons (Fsp3) is 0.556. The van der Waals surface area contributed by atoms with Crippen LogP contribution < -0.4 is 5.32 Å². The number of imide groups is 1. The Kier molecular flexibility index (Phi) is 3.68. The Morgan fingerprint density at radius 3 is 2.84 bits per heavy atom. The quantitative estimate of drug-likeness (QED) is 0.504. The summed E-state index contributed by atoms with van der Waals surface area (Å²) < 4.78 is 5.97. The van der Waals surface area contributed by atoms with Crippen LogP contribution in [-0.4, -0.2) is 62.7 Å². The van der Waals surface area contributed by atoms with Crippen LogP contribution in [0.15, 0.2) is 0 Å². The maximum Gasteiger partial charge on any atom is 0.378 e. The minimum Gasteiger partial charge on any atom is -0.460 e. The molecule has 1 saturated heterocycles. The summed E-state index contributed by atoms with van der Waals surface area (Å²) in [5.41, 5.74) is 0. The molecule has 1 aliphatic heterocycles. The van der Waals surface area contributed by atoms with Gasteiger partial charge in [0, 0.05) is 0 Å². The van der Waals surface area contributed by atoms with E-state index in [2.05, 4.69) is 20.8 Å². The molecule has 2 rings (SSSR count). The Bertz CT molecular complexity index is 497. The molecule has 1 aromatic rings. The molecule has 1 N–H and O–H groups in total. The van der Waals surface area contributed by atoms with Crippen LogP contribution in [0.2, 0.25) is 0 Å². The number of hydrogen-bond acceptors (Lipinski definition) is 7. The zero-order valence-electron chi connectivity index (χ0n) is 10.2. The second-order valence-electron chi connectivity index (χ2n) is 3.65. The summed E-state index contributed by atoms with van der Waals surface area (Å²) in [6.07, 6.45) is 0. The Balaban J connectivity index is 2.00. The number of esters is 1. The number of rotatable bonds is 5. The Hall–Kier alpha value is -2.52. The highest BCUT2D eigenvalue weighted by atomic mass is 16.5. The van der Waals surface area contributed by atoms with Gasteiger partial charge >= 0.3 is 12.0 Å². The summed E-state index contributed by atoms with van der Waals surface area (Å²) >= 11 is 0. The van der Waals surface area contributed by atoms with E-state index >= 15 is 0 Å². The maximum atomic E-state index is 11.5. The summed E-state index contributed by atoms with van der Waals surface area (Å²) in [5.74, 6) is -1.03. The molecule has 0 unspecified atom stereocenters. The normalized spacial score (nSPS) is 14.7. The number of carbonyl (C=O) groups excluding carboxylic acids is 3. The summed E-state index contributed by atoms with van der Waals surface area (Å²) in [6.45, 7) is 2.07. The van der Waals surface area contributed by atoms with Crippen molar-refractivity contribution in [1.82, 2.24) is 30.4 Å². The van der Waals surface area contributed by atoms with Gasteiger partial charge in [-0.25, -0.2) is 14.3 Å². The van der Waals surface area contributed by atoms with Crippen LogP contribution in [-0.2, 0) is 16.1 Å². The molecule has 1 aliphatic rings. The molecule has 1 fully saturated rings. The number of nitrogens with zero attached hydrogens (tertiary/aromatic N) is 5. The van der Waals surface area contributed by atoms with Gasteiger partial charge in [0.1, 0.15) is 0 Å². The van der Waals surface area contributed by atoms with Crippen molar-refractivity contribution in [3.63, 3.8) is 0 Å². The molecule has 0 aliphatic carbocycles. The molecule has 0 bridgehead atoms. The van der Waals surface area contributed by atoms with Crippen molar-refractivity contribution in [1.29, 1.82) is 0 Å². The van der Waals surface area contributed by atoms with Crippen molar-refractivity contribution in [3.8, 4) is 0 Å². The predicted molar refractivity (Wildman–Crippen MR) is 58.9 cm³/mol. The summed E-state index contributed by atoms with van der Waals surface area (Å²) in [4.78, 5) is 35.2. The molecule has 19 heavy (non-hydrogen) atoms. The maximum absolute atomic E-state index is 11.5. The van der Waals surface area contributed by atoms with E-state index in [9.17, 15) is 14.4 Å². The first-order valence-electron chi connectivity index (χ1n) is 5.65. The third kappa shape index (κ3) is 2.67. The lowest BCUT2D eigenvalue weighted by Gasteiger charge is -2.12. The largest absolute Gasteiger partial charge is 0.460 e. The van der Waals surface area contributed by atoms with Gasteiger partial charge in [0.25, 0.3) is 5.82 Å². The minimum atomic E-state index is -0.648. The van der Waals surface area contributed by atoms with Crippen LogP contribution in [0, 0.1) is 0 Å². The lowest BCUT2D eigenvalue weighted by Crippen LogP contribution is -2.34. The monoisotopic (exact) mass is 268 g/mol. The van der Waals surface area contributed by atoms with E-state index < -0.39 is 12.0 Å². The molecule has 0 spiro atoms. The average molecular weight is 268 g/mol. The predicted octanol–water partition coefficient (Wildman–Crippen LogP) is -1.60. The molecule has 10 heteroatoms. The zero-order chi connectivity index (χ0) is 13.8. The first kappa shape index (κ1) is 12.9. The number of nitrogens with one attached hydrogen (secondary N) is 1. The van der Waals surface area contributed by atoms with Gasteiger partial charge in [-0.15, -0.1) is 5.10 Å². The molecular weight excluding hydrogens is 256 g/mol. The second kappa shape index (κ2) is 5.42. The Morgan fingerprint density at radius 1 is 1.42 bits per heavy atom. The van der Waals surface area contributed by atoms with Gasteiger partial charge < -0.3 is 10.1 Å². The number of ether oxygens (including phenoxy) is 1. The molecule has 3 amide bonds. The molecule has 1 aromatic heterocycles. The van der Waals surface area contributed by atoms with Gasteiger partial charge in [0.15, 0.2) is 0 Å². The van der Waals surface area contributed by atoms with E-state index in [1.165, 1.54) is 4.68 Å². The lowest BCUT2D eigenvalue weighted by atomic mass is 10.5. The second-order valence-corrected chi connectivity index (χ2v) is 3.65. The third-order valence-corrected chi connectivity index (χ3v) is 2.46. The average Bonchev–Trinajstić information content (AvgIpc) is 2.96. The highest BCUT2D eigenvalue weighted by Crippen LogP contribution is 2.01. The van der Waals surface area contributed by atoms with E-state index in [4.69, 9.17) is 4.74 Å². The Labute approximate surface area is 107 Å². The molecule has 0 saturated carbocycles. The summed E-state index contributed by atoms with van der Waals surface area (Å²) in [7, 11) is 0. The molecular formula is C9H12N6O4. The fourth-order valence-electron chi connectivity index (χ4n) is 1.57. The number of carbonyl (C=O) groups is 3. The van der Waals surface area contributed by atoms with Gasteiger partial charge in [-0.05, 0) is 17.4 Å². The zero-order valence-corrected chi connectivity index (χ0v) is 10.2. The highest BCUT2D eigenvalue weighted by Gasteiger charge is 2.28. The standard InChI is InChI=1S/C9H12N6O4/c1-2-19-8(17)7-11-12-13-15(7)4-3-14-6(16)5-10-9(14)18/h2-5H2,1H3,(H,10,18). The van der Waals surface area contributed by atoms with Crippen LogP contribution in [0.3, 0.4) is 0 Å². The van der Waals surface area contributed by atoms with Crippen molar-refractivity contribution in [2.75, 3.05) is 19.7 Å². The van der Waals surface area contributed by atoms with Crippen molar-refractivity contribution in [3.05, 3.63) is 5.82 Å². The summed E-state index contributed by atoms with van der Waals surface area (Å²) in [6, 6.07) is -0.462. The van der Waals surface area contributed by atoms with Crippen LogP contribution in [0.1, 0.15) is 17.5 Å². The topological polar surface area (TPSA) is 119 Å². The van der Waals surface area contributed by atoms with Crippen molar-refractivity contribution < 1.29 is 19.1 Å². The number of urea groups is 1. The first-order chi connectivity index (χ1) is 9.13. The lowest BCUT2D eigenvalue weighted by molar-refractivity contribution is -0.125. The molecule has 0 radical (unpaired) electrons. The van der Waals surface area contributed by atoms with Gasteiger partial charge in [0.2, 0.25) is 5.91 Å². The van der Waals surface area contributed by atoms with Crippen LogP contribution in [0.4, 0.5) is 4.79 Å². The van der Waals surface area contributed by atoms with Crippen LogP contribution in [0.25, 0.3) is 0 Å². The van der Waals surface area contributed by atoms with E-state index in [0.717, 1.165) is 4.90 Å². The number of hydrogen-bond donors (Lipinski definition) is 1. The molecule has 0 aromatic carbocycles. The minimum absolute atomic E-state index is 0.0147. The summed E-state index contributed by atoms with van der Waals surface area (Å²) in [5, 5.41) is 12.9. The molecule has 10 nitrogen and oxygen atoms in total. The number of amides is 3. The first-order valence-corrected chi connectivity index (χ1v) is 5.65. The molecule has 0 atom stereocenters. The van der Waals surface area contributed by atoms with Crippen molar-refractivity contribution in [2.45, 2.75) is 13.5 Å². The smallest absolute Gasteiger partial charge is 0.378 e. The van der Waals surface area contributed by atoms with Gasteiger partial charge in [-0.2, -0.15) is 0 Å². The van der Waals surface area contributed by atoms with E-state index in [1.807, 2.05) is 0 Å². The fourth-order valence-corrected chi connectivity index (χ4v) is 1.57. The van der Waals surface area contributed by atoms with Crippen LogP contribution >= 0.6 is 0 Å². The molecule has 102 valence electrons. The third-order valence-electron chi connectivity index (χ3n) is 2.46. The van der Waals surface area contributed by atoms with Gasteiger partial charge in [-0.3, -0.25) is 9.69 Å².